The predicted molar refractivity (Wildman–Crippen MR) is 88.4 cm³/mol. The van der Waals surface area contributed by atoms with Gasteiger partial charge in [-0.3, -0.25) is 9.48 Å². The Morgan fingerprint density at radius 3 is 2.86 bits per heavy atom. The molecule has 1 unspecified atom stereocenters. The van der Waals surface area contributed by atoms with E-state index in [1.54, 1.807) is 0 Å². The molecule has 118 valence electrons. The molecule has 5 heteroatoms. The number of nitrogens with one attached hydrogen (secondary N) is 1. The SMILES string of the molecule is CC(C)n1cc(Br)c(C(=O)NCC2CCCC(C)(C)C2)n1. The highest BCUT2D eigenvalue weighted by Crippen LogP contribution is 2.38. The maximum absolute atomic E-state index is 12.3. The van der Waals surface area contributed by atoms with E-state index in [1.807, 2.05) is 24.7 Å². The minimum Gasteiger partial charge on any atom is -0.350 e. The summed E-state index contributed by atoms with van der Waals surface area (Å²) >= 11 is 3.43. The number of hydrogen-bond acceptors (Lipinski definition) is 2. The Hall–Kier alpha value is -0.840. The predicted octanol–water partition coefficient (Wildman–Crippen LogP) is 4.17. The second-order valence-corrected chi connectivity index (χ2v) is 8.09. The Kier molecular flexibility index (Phi) is 5.12. The monoisotopic (exact) mass is 355 g/mol. The van der Waals surface area contributed by atoms with Crippen LogP contribution in [-0.2, 0) is 0 Å². The molecule has 21 heavy (non-hydrogen) atoms. The molecule has 0 bridgehead atoms. The van der Waals surface area contributed by atoms with Crippen molar-refractivity contribution in [2.75, 3.05) is 6.54 Å². The number of rotatable bonds is 4. The van der Waals surface area contributed by atoms with Crippen LogP contribution in [0.4, 0.5) is 0 Å². The van der Waals surface area contributed by atoms with Gasteiger partial charge in [0.05, 0.1) is 4.47 Å². The van der Waals surface area contributed by atoms with Crippen LogP contribution in [0.3, 0.4) is 0 Å². The molecule has 1 amide bonds. The molecule has 0 aliphatic heterocycles. The lowest BCUT2D eigenvalue weighted by molar-refractivity contribution is 0.0923. The van der Waals surface area contributed by atoms with Gasteiger partial charge >= 0.3 is 0 Å². The molecule has 0 saturated heterocycles. The molecule has 0 radical (unpaired) electrons. The molecule has 1 heterocycles. The molecule has 1 N–H and O–H groups in total. The summed E-state index contributed by atoms with van der Waals surface area (Å²) in [4.78, 5) is 12.3. The number of carbonyl (C=O) groups excluding carboxylic acids is 1. The van der Waals surface area contributed by atoms with Crippen LogP contribution < -0.4 is 5.32 Å². The van der Waals surface area contributed by atoms with Crippen molar-refractivity contribution in [2.24, 2.45) is 11.3 Å². The maximum atomic E-state index is 12.3. The molecule has 1 aliphatic rings. The first-order valence-corrected chi connectivity index (χ1v) is 8.60. The molecule has 1 atom stereocenters. The molecular formula is C16H26BrN3O. The molecule has 0 aromatic carbocycles. The Morgan fingerprint density at radius 2 is 2.29 bits per heavy atom. The summed E-state index contributed by atoms with van der Waals surface area (Å²) in [5.74, 6) is 0.508. The zero-order valence-corrected chi connectivity index (χ0v) is 15.0. The van der Waals surface area contributed by atoms with Crippen molar-refractivity contribution in [1.82, 2.24) is 15.1 Å². The maximum Gasteiger partial charge on any atom is 0.272 e. The van der Waals surface area contributed by atoms with E-state index in [4.69, 9.17) is 0 Å². The van der Waals surface area contributed by atoms with E-state index < -0.39 is 0 Å². The third-order valence-corrected chi connectivity index (χ3v) is 4.87. The van der Waals surface area contributed by atoms with Crippen molar-refractivity contribution in [3.8, 4) is 0 Å². The van der Waals surface area contributed by atoms with Crippen molar-refractivity contribution in [3.63, 3.8) is 0 Å². The fourth-order valence-corrected chi connectivity index (χ4v) is 3.61. The van der Waals surface area contributed by atoms with Gasteiger partial charge in [0.15, 0.2) is 5.69 Å². The Balaban J connectivity index is 1.93. The van der Waals surface area contributed by atoms with Crippen molar-refractivity contribution < 1.29 is 4.79 Å². The van der Waals surface area contributed by atoms with Crippen LogP contribution in [0.25, 0.3) is 0 Å². The van der Waals surface area contributed by atoms with Gasteiger partial charge in [-0.15, -0.1) is 0 Å². The lowest BCUT2D eigenvalue weighted by atomic mass is 9.72. The van der Waals surface area contributed by atoms with Crippen LogP contribution in [0.5, 0.6) is 0 Å². The van der Waals surface area contributed by atoms with Crippen LogP contribution in [0, 0.1) is 11.3 Å². The number of hydrogen-bond donors (Lipinski definition) is 1. The molecule has 4 nitrogen and oxygen atoms in total. The fraction of sp³-hybridized carbons (Fsp3) is 0.750. The number of aromatic nitrogens is 2. The Morgan fingerprint density at radius 1 is 1.57 bits per heavy atom. The Bertz CT molecular complexity index is 508. The highest BCUT2D eigenvalue weighted by Gasteiger charge is 2.28. The fourth-order valence-electron chi connectivity index (χ4n) is 3.14. The summed E-state index contributed by atoms with van der Waals surface area (Å²) in [7, 11) is 0. The zero-order valence-electron chi connectivity index (χ0n) is 13.4. The summed E-state index contributed by atoms with van der Waals surface area (Å²) < 4.78 is 2.57. The van der Waals surface area contributed by atoms with E-state index in [2.05, 4.69) is 40.2 Å². The van der Waals surface area contributed by atoms with Crippen LogP contribution >= 0.6 is 15.9 Å². The van der Waals surface area contributed by atoms with Gasteiger partial charge in [-0.1, -0.05) is 20.3 Å². The van der Waals surface area contributed by atoms with Crippen LogP contribution in [0.15, 0.2) is 10.7 Å². The van der Waals surface area contributed by atoms with Gasteiger partial charge in [-0.05, 0) is 60.4 Å². The summed E-state index contributed by atoms with van der Waals surface area (Å²) in [6, 6.07) is 0.252. The van der Waals surface area contributed by atoms with E-state index in [0.717, 1.165) is 11.0 Å². The minimum atomic E-state index is -0.0790. The van der Waals surface area contributed by atoms with Crippen molar-refractivity contribution >= 4 is 21.8 Å². The van der Waals surface area contributed by atoms with Crippen molar-refractivity contribution in [1.29, 1.82) is 0 Å². The highest BCUT2D eigenvalue weighted by atomic mass is 79.9. The third-order valence-electron chi connectivity index (χ3n) is 4.29. The van der Waals surface area contributed by atoms with Crippen LogP contribution in [0.2, 0.25) is 0 Å². The first kappa shape index (κ1) is 16.5. The first-order chi connectivity index (χ1) is 9.78. The lowest BCUT2D eigenvalue weighted by Gasteiger charge is -2.35. The molecule has 2 rings (SSSR count). The summed E-state index contributed by atoms with van der Waals surface area (Å²) in [6.45, 7) is 9.49. The quantitative estimate of drug-likeness (QED) is 0.880. The molecule has 1 aliphatic carbocycles. The molecule has 0 spiro atoms. The number of carbonyl (C=O) groups is 1. The van der Waals surface area contributed by atoms with E-state index in [-0.39, 0.29) is 11.9 Å². The summed E-state index contributed by atoms with van der Waals surface area (Å²) in [6.07, 6.45) is 6.82. The van der Waals surface area contributed by atoms with Crippen molar-refractivity contribution in [3.05, 3.63) is 16.4 Å². The minimum absolute atomic E-state index is 0.0790. The second kappa shape index (κ2) is 6.51. The number of amides is 1. The third kappa shape index (κ3) is 4.31. The van der Waals surface area contributed by atoms with Gasteiger partial charge in [0, 0.05) is 18.8 Å². The van der Waals surface area contributed by atoms with E-state index >= 15 is 0 Å². The standard InChI is InChI=1S/C16H26BrN3O/c1-11(2)20-10-13(17)14(19-20)15(21)18-9-12-6-5-7-16(3,4)8-12/h10-12H,5-9H2,1-4H3,(H,18,21). The normalized spacial score (nSPS) is 21.5. The lowest BCUT2D eigenvalue weighted by Crippen LogP contribution is -2.34. The van der Waals surface area contributed by atoms with E-state index in [1.165, 1.54) is 25.7 Å². The van der Waals surface area contributed by atoms with Gasteiger partial charge in [0.2, 0.25) is 0 Å². The highest BCUT2D eigenvalue weighted by molar-refractivity contribution is 9.10. The average molecular weight is 356 g/mol. The molecule has 1 fully saturated rings. The van der Waals surface area contributed by atoms with Crippen LogP contribution in [-0.4, -0.2) is 22.2 Å². The first-order valence-electron chi connectivity index (χ1n) is 7.81. The molecular weight excluding hydrogens is 330 g/mol. The van der Waals surface area contributed by atoms with Gasteiger partial charge < -0.3 is 5.32 Å². The average Bonchev–Trinajstić information content (AvgIpc) is 2.77. The topological polar surface area (TPSA) is 46.9 Å². The van der Waals surface area contributed by atoms with Gasteiger partial charge in [0.1, 0.15) is 0 Å². The largest absolute Gasteiger partial charge is 0.350 e. The van der Waals surface area contributed by atoms with E-state index in [0.29, 0.717) is 17.0 Å². The second-order valence-electron chi connectivity index (χ2n) is 7.24. The van der Waals surface area contributed by atoms with Gasteiger partial charge in [-0.2, -0.15) is 5.10 Å². The Labute approximate surface area is 135 Å². The molecule has 1 saturated carbocycles. The number of nitrogens with zero attached hydrogens (tertiary/aromatic N) is 2. The molecule has 1 aromatic rings. The summed E-state index contributed by atoms with van der Waals surface area (Å²) in [5, 5.41) is 7.41. The summed E-state index contributed by atoms with van der Waals surface area (Å²) in [5.41, 5.74) is 0.895. The van der Waals surface area contributed by atoms with Gasteiger partial charge in [-0.25, -0.2) is 0 Å². The smallest absolute Gasteiger partial charge is 0.272 e. The van der Waals surface area contributed by atoms with Gasteiger partial charge in [0.25, 0.3) is 5.91 Å². The molecule has 1 aromatic heterocycles. The van der Waals surface area contributed by atoms with Crippen molar-refractivity contribution in [2.45, 2.75) is 59.4 Å². The van der Waals surface area contributed by atoms with Crippen LogP contribution in [0.1, 0.15) is 69.9 Å². The number of halogens is 1. The zero-order chi connectivity index (χ0) is 15.6. The van der Waals surface area contributed by atoms with E-state index in [9.17, 15) is 4.79 Å².